The SMILES string of the molecule is C/C(=N/NC(=O)c1ccc(O)cc1)c1ccc(N)cc1. The number of hydrogen-bond donors (Lipinski definition) is 3. The van der Waals surface area contributed by atoms with Crippen molar-refractivity contribution < 1.29 is 9.90 Å². The minimum Gasteiger partial charge on any atom is -0.508 e. The van der Waals surface area contributed by atoms with E-state index in [0.717, 1.165) is 5.56 Å². The smallest absolute Gasteiger partial charge is 0.271 e. The van der Waals surface area contributed by atoms with E-state index in [-0.39, 0.29) is 11.7 Å². The molecule has 0 spiro atoms. The number of nitrogens with two attached hydrogens (primary N) is 1. The number of nitrogen functional groups attached to an aromatic ring is 1. The van der Waals surface area contributed by atoms with Crippen molar-refractivity contribution in [3.63, 3.8) is 0 Å². The van der Waals surface area contributed by atoms with E-state index in [1.54, 1.807) is 19.1 Å². The van der Waals surface area contributed by atoms with Gasteiger partial charge in [0.2, 0.25) is 0 Å². The van der Waals surface area contributed by atoms with Crippen LogP contribution in [0.3, 0.4) is 0 Å². The number of hydrazone groups is 1. The van der Waals surface area contributed by atoms with E-state index in [2.05, 4.69) is 10.5 Å². The molecular formula is C15H15N3O2. The van der Waals surface area contributed by atoms with Gasteiger partial charge in [0.05, 0.1) is 5.71 Å². The molecule has 0 aromatic heterocycles. The Bertz CT molecular complexity index is 631. The van der Waals surface area contributed by atoms with Crippen LogP contribution in [0.2, 0.25) is 0 Å². The first-order chi connectivity index (χ1) is 9.56. The maximum atomic E-state index is 11.8. The predicted molar refractivity (Wildman–Crippen MR) is 78.6 cm³/mol. The monoisotopic (exact) mass is 269 g/mol. The molecule has 0 bridgehead atoms. The third-order valence-corrected chi connectivity index (χ3v) is 2.78. The molecule has 0 aliphatic rings. The lowest BCUT2D eigenvalue weighted by Crippen LogP contribution is -2.19. The summed E-state index contributed by atoms with van der Waals surface area (Å²) in [6, 6.07) is 13.2. The highest BCUT2D eigenvalue weighted by Gasteiger charge is 2.04. The van der Waals surface area contributed by atoms with Gasteiger partial charge in [-0.25, -0.2) is 5.43 Å². The van der Waals surface area contributed by atoms with Gasteiger partial charge in [0, 0.05) is 11.3 Å². The predicted octanol–water partition coefficient (Wildman–Crippen LogP) is 2.13. The molecule has 5 nitrogen and oxygen atoms in total. The summed E-state index contributed by atoms with van der Waals surface area (Å²) in [6.45, 7) is 1.79. The molecule has 1 amide bonds. The third kappa shape index (κ3) is 3.35. The summed E-state index contributed by atoms with van der Waals surface area (Å²) in [7, 11) is 0. The summed E-state index contributed by atoms with van der Waals surface area (Å²) in [5, 5.41) is 13.2. The Morgan fingerprint density at radius 1 is 1.05 bits per heavy atom. The van der Waals surface area contributed by atoms with Crippen LogP contribution in [0.15, 0.2) is 53.6 Å². The number of carbonyl (C=O) groups is 1. The number of carbonyl (C=O) groups excluding carboxylic acids is 1. The molecule has 0 aliphatic heterocycles. The van der Waals surface area contributed by atoms with Gasteiger partial charge in [0.25, 0.3) is 5.91 Å². The number of nitrogens with zero attached hydrogens (tertiary/aromatic N) is 1. The number of hydrogen-bond acceptors (Lipinski definition) is 4. The summed E-state index contributed by atoms with van der Waals surface area (Å²) >= 11 is 0. The molecule has 102 valence electrons. The summed E-state index contributed by atoms with van der Waals surface area (Å²) in [6.07, 6.45) is 0. The van der Waals surface area contributed by atoms with Crippen molar-refractivity contribution in [1.82, 2.24) is 5.43 Å². The summed E-state index contributed by atoms with van der Waals surface area (Å²) in [5.74, 6) is -0.220. The van der Waals surface area contributed by atoms with E-state index in [1.807, 2.05) is 12.1 Å². The van der Waals surface area contributed by atoms with Crippen LogP contribution in [0.4, 0.5) is 5.69 Å². The fraction of sp³-hybridized carbons (Fsp3) is 0.0667. The zero-order chi connectivity index (χ0) is 14.5. The van der Waals surface area contributed by atoms with Crippen LogP contribution in [0.5, 0.6) is 5.75 Å². The Morgan fingerprint density at radius 2 is 1.60 bits per heavy atom. The molecule has 2 aromatic rings. The normalized spacial score (nSPS) is 11.2. The first-order valence-electron chi connectivity index (χ1n) is 6.06. The van der Waals surface area contributed by atoms with Crippen LogP contribution in [0.25, 0.3) is 0 Å². The number of nitrogens with one attached hydrogen (secondary N) is 1. The number of phenols is 1. The molecular weight excluding hydrogens is 254 g/mol. The van der Waals surface area contributed by atoms with Crippen molar-refractivity contribution in [3.8, 4) is 5.75 Å². The molecule has 0 fully saturated rings. The van der Waals surface area contributed by atoms with E-state index < -0.39 is 0 Å². The van der Waals surface area contributed by atoms with Crippen molar-refractivity contribution in [2.45, 2.75) is 6.92 Å². The standard InChI is InChI=1S/C15H15N3O2/c1-10(11-2-6-13(16)7-3-11)17-18-15(20)12-4-8-14(19)9-5-12/h2-9,19H,16H2,1H3,(H,18,20)/b17-10-. The zero-order valence-electron chi connectivity index (χ0n) is 11.0. The van der Waals surface area contributed by atoms with E-state index in [4.69, 9.17) is 10.8 Å². The summed E-state index contributed by atoms with van der Waals surface area (Å²) in [5.41, 5.74) is 10.7. The topological polar surface area (TPSA) is 87.7 Å². The highest BCUT2D eigenvalue weighted by Crippen LogP contribution is 2.10. The number of aromatic hydroxyl groups is 1. The van der Waals surface area contributed by atoms with Crippen molar-refractivity contribution in [3.05, 3.63) is 59.7 Å². The van der Waals surface area contributed by atoms with Crippen LogP contribution < -0.4 is 11.2 Å². The molecule has 0 saturated heterocycles. The van der Waals surface area contributed by atoms with Crippen LogP contribution in [0, 0.1) is 0 Å². The van der Waals surface area contributed by atoms with E-state index in [0.29, 0.717) is 17.0 Å². The molecule has 0 aliphatic carbocycles. The fourth-order valence-corrected chi connectivity index (χ4v) is 1.60. The van der Waals surface area contributed by atoms with Crippen molar-refractivity contribution in [2.75, 3.05) is 5.73 Å². The number of phenolic OH excluding ortho intramolecular Hbond substituents is 1. The zero-order valence-corrected chi connectivity index (χ0v) is 11.0. The molecule has 0 unspecified atom stereocenters. The van der Waals surface area contributed by atoms with Crippen LogP contribution in [-0.2, 0) is 0 Å². The minimum atomic E-state index is -0.334. The first kappa shape index (κ1) is 13.6. The lowest BCUT2D eigenvalue weighted by atomic mass is 10.1. The Morgan fingerprint density at radius 3 is 2.20 bits per heavy atom. The maximum absolute atomic E-state index is 11.8. The molecule has 4 N–H and O–H groups in total. The van der Waals surface area contributed by atoms with Crippen LogP contribution in [0.1, 0.15) is 22.8 Å². The lowest BCUT2D eigenvalue weighted by molar-refractivity contribution is 0.0955. The largest absolute Gasteiger partial charge is 0.508 e. The van der Waals surface area contributed by atoms with Crippen molar-refractivity contribution in [2.24, 2.45) is 5.10 Å². The molecule has 20 heavy (non-hydrogen) atoms. The number of rotatable bonds is 3. The quantitative estimate of drug-likeness (QED) is 0.453. The second kappa shape index (κ2) is 5.88. The van der Waals surface area contributed by atoms with Gasteiger partial charge < -0.3 is 10.8 Å². The summed E-state index contributed by atoms with van der Waals surface area (Å²) < 4.78 is 0. The minimum absolute atomic E-state index is 0.114. The van der Waals surface area contributed by atoms with Crippen LogP contribution >= 0.6 is 0 Å². The highest BCUT2D eigenvalue weighted by molar-refractivity contribution is 6.01. The van der Waals surface area contributed by atoms with Crippen LogP contribution in [-0.4, -0.2) is 16.7 Å². The second-order valence-corrected chi connectivity index (χ2v) is 4.31. The Kier molecular flexibility index (Phi) is 4.00. The maximum Gasteiger partial charge on any atom is 0.271 e. The summed E-state index contributed by atoms with van der Waals surface area (Å²) in [4.78, 5) is 11.8. The van der Waals surface area contributed by atoms with Crippen molar-refractivity contribution in [1.29, 1.82) is 0 Å². The Hall–Kier alpha value is -2.82. The van der Waals surface area contributed by atoms with Gasteiger partial charge in [-0.15, -0.1) is 0 Å². The van der Waals surface area contributed by atoms with Gasteiger partial charge in [-0.3, -0.25) is 4.79 Å². The van der Waals surface area contributed by atoms with E-state index >= 15 is 0 Å². The van der Waals surface area contributed by atoms with Gasteiger partial charge in [0.15, 0.2) is 0 Å². The number of benzene rings is 2. The average Bonchev–Trinajstić information content (AvgIpc) is 2.46. The number of anilines is 1. The van der Waals surface area contributed by atoms with E-state index in [1.165, 1.54) is 24.3 Å². The van der Waals surface area contributed by atoms with Gasteiger partial charge in [0.1, 0.15) is 5.75 Å². The fourth-order valence-electron chi connectivity index (χ4n) is 1.60. The highest BCUT2D eigenvalue weighted by atomic mass is 16.3. The average molecular weight is 269 g/mol. The molecule has 2 aromatic carbocycles. The van der Waals surface area contributed by atoms with Gasteiger partial charge in [-0.2, -0.15) is 5.10 Å². The first-order valence-corrected chi connectivity index (χ1v) is 6.06. The molecule has 0 atom stereocenters. The molecule has 0 radical (unpaired) electrons. The van der Waals surface area contributed by atoms with Gasteiger partial charge >= 0.3 is 0 Å². The molecule has 5 heteroatoms. The molecule has 0 heterocycles. The van der Waals surface area contributed by atoms with Crippen molar-refractivity contribution >= 4 is 17.3 Å². The molecule has 0 saturated carbocycles. The molecule has 2 rings (SSSR count). The third-order valence-electron chi connectivity index (χ3n) is 2.78. The lowest BCUT2D eigenvalue weighted by Gasteiger charge is -2.03. The van der Waals surface area contributed by atoms with E-state index in [9.17, 15) is 4.79 Å². The van der Waals surface area contributed by atoms with Gasteiger partial charge in [-0.1, -0.05) is 12.1 Å². The second-order valence-electron chi connectivity index (χ2n) is 4.31. The number of amides is 1. The van der Waals surface area contributed by atoms with Gasteiger partial charge in [-0.05, 0) is 48.9 Å². The Labute approximate surface area is 116 Å². The Balaban J connectivity index is 2.06.